The summed E-state index contributed by atoms with van der Waals surface area (Å²) in [5, 5.41) is 3.40. The van der Waals surface area contributed by atoms with Crippen LogP contribution >= 0.6 is 0 Å². The zero-order valence-corrected chi connectivity index (χ0v) is 10.2. The molecule has 1 N–H and O–H groups in total. The van der Waals surface area contributed by atoms with Gasteiger partial charge in [0.1, 0.15) is 0 Å². The minimum atomic E-state index is 0.745. The van der Waals surface area contributed by atoms with Gasteiger partial charge in [-0.05, 0) is 40.2 Å². The third-order valence-electron chi connectivity index (χ3n) is 3.61. The Balaban J connectivity index is 2.40. The van der Waals surface area contributed by atoms with Crippen molar-refractivity contribution >= 4 is 0 Å². The Morgan fingerprint density at radius 3 is 2.71 bits per heavy atom. The van der Waals surface area contributed by atoms with Gasteiger partial charge < -0.3 is 5.32 Å². The van der Waals surface area contributed by atoms with Crippen LogP contribution in [0, 0.1) is 0 Å². The highest BCUT2D eigenvalue weighted by molar-refractivity contribution is 4.84. The van der Waals surface area contributed by atoms with Crippen LogP contribution in [-0.4, -0.2) is 36.6 Å². The average Bonchev–Trinajstić information content (AvgIpc) is 2.17. The van der Waals surface area contributed by atoms with Crippen molar-refractivity contribution in [1.29, 1.82) is 0 Å². The number of likely N-dealkylation sites (tertiary alicyclic amines) is 1. The Hall–Kier alpha value is -0.0800. The van der Waals surface area contributed by atoms with Gasteiger partial charge in [-0.2, -0.15) is 0 Å². The van der Waals surface area contributed by atoms with Gasteiger partial charge in [0.25, 0.3) is 0 Å². The molecule has 1 rings (SSSR count). The number of nitrogens with zero attached hydrogens (tertiary/aromatic N) is 1. The Morgan fingerprint density at radius 1 is 1.50 bits per heavy atom. The van der Waals surface area contributed by atoms with E-state index in [1.54, 1.807) is 0 Å². The monoisotopic (exact) mass is 198 g/mol. The maximum Gasteiger partial charge on any atom is 0.00910 e. The van der Waals surface area contributed by atoms with E-state index in [2.05, 4.69) is 38.0 Å². The summed E-state index contributed by atoms with van der Waals surface area (Å²) >= 11 is 0. The van der Waals surface area contributed by atoms with Crippen molar-refractivity contribution in [3.63, 3.8) is 0 Å². The topological polar surface area (TPSA) is 15.3 Å². The van der Waals surface area contributed by atoms with Crippen LogP contribution in [-0.2, 0) is 0 Å². The van der Waals surface area contributed by atoms with Crippen molar-refractivity contribution in [2.24, 2.45) is 0 Å². The molecule has 0 bridgehead atoms. The maximum absolute atomic E-state index is 3.40. The molecule has 0 aromatic heterocycles. The lowest BCUT2D eigenvalue weighted by molar-refractivity contribution is 0.0927. The molecule has 0 aromatic rings. The summed E-state index contributed by atoms with van der Waals surface area (Å²) in [7, 11) is 2.09. The summed E-state index contributed by atoms with van der Waals surface area (Å²) in [6.07, 6.45) is 5.27. The fourth-order valence-electron chi connectivity index (χ4n) is 2.69. The third kappa shape index (κ3) is 2.96. The van der Waals surface area contributed by atoms with Crippen LogP contribution < -0.4 is 5.32 Å². The number of piperidine rings is 1. The first-order valence-corrected chi connectivity index (χ1v) is 6.12. The van der Waals surface area contributed by atoms with Gasteiger partial charge in [-0.15, -0.1) is 0 Å². The molecule has 0 aliphatic carbocycles. The summed E-state index contributed by atoms with van der Waals surface area (Å²) in [5.74, 6) is 0. The molecule has 0 radical (unpaired) electrons. The van der Waals surface area contributed by atoms with Crippen LogP contribution in [0.4, 0.5) is 0 Å². The molecule has 14 heavy (non-hydrogen) atoms. The molecule has 3 atom stereocenters. The lowest BCUT2D eigenvalue weighted by atomic mass is 9.96. The Morgan fingerprint density at radius 2 is 2.21 bits per heavy atom. The quantitative estimate of drug-likeness (QED) is 0.745. The molecular weight excluding hydrogens is 172 g/mol. The molecular formula is C12H26N2. The number of rotatable bonds is 4. The number of nitrogens with one attached hydrogen (secondary N) is 1. The molecule has 2 nitrogen and oxygen atoms in total. The standard InChI is InChI=1S/C12H26N2/c1-5-6-10(2)14-8-7-12(13-4)9-11(14)3/h10-13H,5-9H2,1-4H3. The molecule has 3 unspecified atom stereocenters. The van der Waals surface area contributed by atoms with Crippen molar-refractivity contribution < 1.29 is 0 Å². The largest absolute Gasteiger partial charge is 0.317 e. The first-order valence-electron chi connectivity index (χ1n) is 6.12. The van der Waals surface area contributed by atoms with E-state index in [1.807, 2.05) is 0 Å². The second-order valence-corrected chi connectivity index (χ2v) is 4.73. The maximum atomic E-state index is 3.40. The van der Waals surface area contributed by atoms with E-state index in [4.69, 9.17) is 0 Å². The first-order chi connectivity index (χ1) is 6.69. The minimum absolute atomic E-state index is 0.745. The van der Waals surface area contributed by atoms with Crippen LogP contribution in [0.1, 0.15) is 46.5 Å². The number of hydrogen-bond donors (Lipinski definition) is 1. The van der Waals surface area contributed by atoms with E-state index in [0.717, 1.165) is 18.1 Å². The van der Waals surface area contributed by atoms with Gasteiger partial charge in [0, 0.05) is 24.7 Å². The molecule has 0 aromatic carbocycles. The summed E-state index contributed by atoms with van der Waals surface area (Å²) in [5.41, 5.74) is 0. The van der Waals surface area contributed by atoms with Gasteiger partial charge in [-0.3, -0.25) is 4.90 Å². The fraction of sp³-hybridized carbons (Fsp3) is 1.00. The van der Waals surface area contributed by atoms with Crippen LogP contribution in [0.25, 0.3) is 0 Å². The normalized spacial score (nSPS) is 31.7. The van der Waals surface area contributed by atoms with Gasteiger partial charge in [0.15, 0.2) is 0 Å². The predicted octanol–water partition coefficient (Wildman–Crippen LogP) is 2.25. The third-order valence-corrected chi connectivity index (χ3v) is 3.61. The van der Waals surface area contributed by atoms with E-state index in [9.17, 15) is 0 Å². The molecule has 84 valence electrons. The molecule has 2 heteroatoms. The number of hydrogen-bond acceptors (Lipinski definition) is 2. The fourth-order valence-corrected chi connectivity index (χ4v) is 2.69. The van der Waals surface area contributed by atoms with Gasteiger partial charge in [-0.25, -0.2) is 0 Å². The Labute approximate surface area is 89.1 Å². The summed E-state index contributed by atoms with van der Waals surface area (Å²) in [6.45, 7) is 8.30. The lowest BCUT2D eigenvalue weighted by Gasteiger charge is -2.41. The minimum Gasteiger partial charge on any atom is -0.317 e. The van der Waals surface area contributed by atoms with Gasteiger partial charge in [0.2, 0.25) is 0 Å². The molecule has 1 heterocycles. The molecule has 1 saturated heterocycles. The second-order valence-electron chi connectivity index (χ2n) is 4.73. The van der Waals surface area contributed by atoms with Gasteiger partial charge >= 0.3 is 0 Å². The SMILES string of the molecule is CCCC(C)N1CCC(NC)CC1C. The lowest BCUT2D eigenvalue weighted by Crippen LogP contribution is -2.49. The van der Waals surface area contributed by atoms with Gasteiger partial charge in [-0.1, -0.05) is 13.3 Å². The van der Waals surface area contributed by atoms with E-state index in [-0.39, 0.29) is 0 Å². The summed E-state index contributed by atoms with van der Waals surface area (Å²) in [4.78, 5) is 2.68. The molecule has 0 spiro atoms. The van der Waals surface area contributed by atoms with E-state index in [1.165, 1.54) is 32.2 Å². The second kappa shape index (κ2) is 5.72. The molecule has 1 aliphatic heterocycles. The molecule has 0 saturated carbocycles. The molecule has 1 aliphatic rings. The van der Waals surface area contributed by atoms with Crippen molar-refractivity contribution in [3.05, 3.63) is 0 Å². The highest BCUT2D eigenvalue weighted by Gasteiger charge is 2.26. The highest BCUT2D eigenvalue weighted by atomic mass is 15.2. The average molecular weight is 198 g/mol. The summed E-state index contributed by atoms with van der Waals surface area (Å²) < 4.78 is 0. The highest BCUT2D eigenvalue weighted by Crippen LogP contribution is 2.21. The van der Waals surface area contributed by atoms with Crippen LogP contribution in [0.2, 0.25) is 0 Å². The predicted molar refractivity (Wildman–Crippen MR) is 62.6 cm³/mol. The van der Waals surface area contributed by atoms with Crippen LogP contribution in [0.5, 0.6) is 0 Å². The zero-order valence-electron chi connectivity index (χ0n) is 10.2. The molecule has 0 amide bonds. The smallest absolute Gasteiger partial charge is 0.00910 e. The van der Waals surface area contributed by atoms with Crippen molar-refractivity contribution in [2.75, 3.05) is 13.6 Å². The van der Waals surface area contributed by atoms with Gasteiger partial charge in [0.05, 0.1) is 0 Å². The first kappa shape index (κ1) is 12.0. The Bertz CT molecular complexity index is 158. The van der Waals surface area contributed by atoms with E-state index in [0.29, 0.717) is 0 Å². The van der Waals surface area contributed by atoms with E-state index >= 15 is 0 Å². The van der Waals surface area contributed by atoms with Crippen molar-refractivity contribution in [2.45, 2.75) is 64.6 Å². The summed E-state index contributed by atoms with van der Waals surface area (Å²) in [6, 6.07) is 2.27. The van der Waals surface area contributed by atoms with Crippen molar-refractivity contribution in [1.82, 2.24) is 10.2 Å². The van der Waals surface area contributed by atoms with E-state index < -0.39 is 0 Å². The van der Waals surface area contributed by atoms with Crippen molar-refractivity contribution in [3.8, 4) is 0 Å². The van der Waals surface area contributed by atoms with Crippen LogP contribution in [0.3, 0.4) is 0 Å². The molecule has 1 fully saturated rings. The van der Waals surface area contributed by atoms with Crippen LogP contribution in [0.15, 0.2) is 0 Å². The zero-order chi connectivity index (χ0) is 10.6. The Kier molecular flexibility index (Phi) is 4.90.